The normalized spacial score (nSPS) is 10.2. The molecule has 146 valence electrons. The second kappa shape index (κ2) is 9.27. The number of carbonyl (C=O) groups is 4. The van der Waals surface area contributed by atoms with Gasteiger partial charge in [0.1, 0.15) is 6.54 Å². The SMILES string of the molecule is O=C(COC(=O)CNC(=O)c1ccc2ccccc2c1)NC(=O)c1ccccc1. The summed E-state index contributed by atoms with van der Waals surface area (Å²) in [6, 6.07) is 21.0. The molecule has 3 amide bonds. The fourth-order valence-corrected chi connectivity index (χ4v) is 2.61. The molecule has 0 heterocycles. The first-order valence-electron chi connectivity index (χ1n) is 8.85. The van der Waals surface area contributed by atoms with Crippen LogP contribution in [-0.4, -0.2) is 36.8 Å². The first-order valence-corrected chi connectivity index (χ1v) is 8.85. The van der Waals surface area contributed by atoms with E-state index in [0.29, 0.717) is 11.1 Å². The summed E-state index contributed by atoms with van der Waals surface area (Å²) >= 11 is 0. The minimum Gasteiger partial charge on any atom is -0.454 e. The van der Waals surface area contributed by atoms with Crippen molar-refractivity contribution in [2.24, 2.45) is 0 Å². The highest BCUT2D eigenvalue weighted by atomic mass is 16.5. The lowest BCUT2D eigenvalue weighted by Crippen LogP contribution is -2.36. The van der Waals surface area contributed by atoms with E-state index in [1.807, 2.05) is 30.3 Å². The standard InChI is InChI=1S/C22H18N2O5/c25-19(24-22(28)16-7-2-1-3-8-16)14-29-20(26)13-23-21(27)18-11-10-15-6-4-5-9-17(15)12-18/h1-12H,13-14H2,(H,23,27)(H,24,25,28). The van der Waals surface area contributed by atoms with Crippen molar-refractivity contribution in [3.05, 3.63) is 83.9 Å². The number of ether oxygens (including phenoxy) is 1. The summed E-state index contributed by atoms with van der Waals surface area (Å²) < 4.78 is 4.78. The number of fused-ring (bicyclic) bond motifs is 1. The van der Waals surface area contributed by atoms with Gasteiger partial charge in [-0.15, -0.1) is 0 Å². The van der Waals surface area contributed by atoms with Crippen LogP contribution in [0.2, 0.25) is 0 Å². The molecule has 29 heavy (non-hydrogen) atoms. The zero-order chi connectivity index (χ0) is 20.6. The van der Waals surface area contributed by atoms with Crippen LogP contribution in [0.3, 0.4) is 0 Å². The number of carbonyl (C=O) groups excluding carboxylic acids is 4. The maximum atomic E-state index is 12.2. The Morgan fingerprint density at radius 2 is 1.41 bits per heavy atom. The van der Waals surface area contributed by atoms with Gasteiger partial charge in [-0.2, -0.15) is 0 Å². The van der Waals surface area contributed by atoms with Crippen LogP contribution < -0.4 is 10.6 Å². The second-order valence-corrected chi connectivity index (χ2v) is 6.15. The third-order valence-electron chi connectivity index (χ3n) is 4.06. The molecule has 2 N–H and O–H groups in total. The van der Waals surface area contributed by atoms with Gasteiger partial charge in [0.05, 0.1) is 0 Å². The van der Waals surface area contributed by atoms with Gasteiger partial charge in [-0.1, -0.05) is 48.5 Å². The molecule has 0 aliphatic carbocycles. The Kier molecular flexibility index (Phi) is 6.32. The van der Waals surface area contributed by atoms with E-state index in [2.05, 4.69) is 10.6 Å². The summed E-state index contributed by atoms with van der Waals surface area (Å²) in [5.41, 5.74) is 0.720. The van der Waals surface area contributed by atoms with Crippen molar-refractivity contribution in [3.8, 4) is 0 Å². The van der Waals surface area contributed by atoms with Gasteiger partial charge in [0.25, 0.3) is 17.7 Å². The Bertz CT molecular complexity index is 1060. The highest BCUT2D eigenvalue weighted by molar-refractivity contribution is 6.05. The molecule has 0 aromatic heterocycles. The number of benzene rings is 3. The third-order valence-corrected chi connectivity index (χ3v) is 4.06. The first-order chi connectivity index (χ1) is 14.0. The van der Waals surface area contributed by atoms with Gasteiger partial charge in [0.15, 0.2) is 6.61 Å². The first kappa shape index (κ1) is 19.8. The van der Waals surface area contributed by atoms with Gasteiger partial charge in [-0.3, -0.25) is 24.5 Å². The van der Waals surface area contributed by atoms with E-state index in [1.54, 1.807) is 42.5 Å². The molecule has 3 aromatic rings. The van der Waals surface area contributed by atoms with E-state index >= 15 is 0 Å². The molecule has 0 aliphatic heterocycles. The van der Waals surface area contributed by atoms with Gasteiger partial charge < -0.3 is 10.1 Å². The fourth-order valence-electron chi connectivity index (χ4n) is 2.61. The van der Waals surface area contributed by atoms with Crippen LogP contribution in [0.1, 0.15) is 20.7 Å². The van der Waals surface area contributed by atoms with Crippen LogP contribution in [0.15, 0.2) is 72.8 Å². The Labute approximate surface area is 166 Å². The van der Waals surface area contributed by atoms with Crippen LogP contribution in [0, 0.1) is 0 Å². The van der Waals surface area contributed by atoms with Crippen molar-refractivity contribution in [3.63, 3.8) is 0 Å². The molecule has 0 fully saturated rings. The van der Waals surface area contributed by atoms with E-state index in [0.717, 1.165) is 10.8 Å². The van der Waals surface area contributed by atoms with Gasteiger partial charge in [0.2, 0.25) is 0 Å². The molecule has 3 rings (SSSR count). The molecule has 0 saturated carbocycles. The number of nitrogens with one attached hydrogen (secondary N) is 2. The molecule has 0 atom stereocenters. The van der Waals surface area contributed by atoms with E-state index in [1.165, 1.54) is 0 Å². The zero-order valence-electron chi connectivity index (χ0n) is 15.4. The van der Waals surface area contributed by atoms with Crippen molar-refractivity contribution in [2.75, 3.05) is 13.2 Å². The Morgan fingerprint density at radius 3 is 2.17 bits per heavy atom. The van der Waals surface area contributed by atoms with Crippen LogP contribution in [0.25, 0.3) is 10.8 Å². The van der Waals surface area contributed by atoms with Gasteiger partial charge >= 0.3 is 5.97 Å². The summed E-state index contributed by atoms with van der Waals surface area (Å²) in [6.45, 7) is -1.02. The quantitative estimate of drug-likeness (QED) is 0.628. The number of esters is 1. The maximum Gasteiger partial charge on any atom is 0.325 e. The molecule has 3 aromatic carbocycles. The van der Waals surface area contributed by atoms with Gasteiger partial charge in [-0.05, 0) is 35.0 Å². The van der Waals surface area contributed by atoms with E-state index in [4.69, 9.17) is 4.74 Å². The maximum absolute atomic E-state index is 12.2. The fraction of sp³-hybridized carbons (Fsp3) is 0.0909. The molecule has 7 heteroatoms. The molecule has 0 spiro atoms. The molecular formula is C22H18N2O5. The molecule has 0 bridgehead atoms. The Morgan fingerprint density at radius 1 is 0.724 bits per heavy atom. The highest BCUT2D eigenvalue weighted by Crippen LogP contribution is 2.15. The average Bonchev–Trinajstić information content (AvgIpc) is 2.76. The number of imide groups is 1. The largest absolute Gasteiger partial charge is 0.454 e. The molecule has 0 saturated heterocycles. The van der Waals surface area contributed by atoms with Crippen LogP contribution in [0.4, 0.5) is 0 Å². The van der Waals surface area contributed by atoms with E-state index < -0.39 is 36.8 Å². The Balaban J connectivity index is 1.43. The predicted molar refractivity (Wildman–Crippen MR) is 106 cm³/mol. The monoisotopic (exact) mass is 390 g/mol. The molecule has 0 radical (unpaired) electrons. The van der Waals surface area contributed by atoms with Crippen molar-refractivity contribution in [1.29, 1.82) is 0 Å². The van der Waals surface area contributed by atoms with E-state index in [9.17, 15) is 19.2 Å². The minimum atomic E-state index is -0.790. The van der Waals surface area contributed by atoms with Crippen molar-refractivity contribution < 1.29 is 23.9 Å². The third kappa shape index (κ3) is 5.49. The van der Waals surface area contributed by atoms with Crippen LogP contribution >= 0.6 is 0 Å². The number of hydrogen-bond acceptors (Lipinski definition) is 5. The molecule has 7 nitrogen and oxygen atoms in total. The van der Waals surface area contributed by atoms with Crippen molar-refractivity contribution in [2.45, 2.75) is 0 Å². The predicted octanol–water partition coefficient (Wildman–Crippen LogP) is 2.07. The van der Waals surface area contributed by atoms with E-state index in [-0.39, 0.29) is 0 Å². The molecule has 0 unspecified atom stereocenters. The smallest absolute Gasteiger partial charge is 0.325 e. The summed E-state index contributed by atoms with van der Waals surface area (Å²) in [5, 5.41) is 6.46. The summed E-state index contributed by atoms with van der Waals surface area (Å²) in [6.07, 6.45) is 0. The highest BCUT2D eigenvalue weighted by Gasteiger charge is 2.13. The van der Waals surface area contributed by atoms with Gasteiger partial charge in [0, 0.05) is 11.1 Å². The zero-order valence-corrected chi connectivity index (χ0v) is 15.4. The topological polar surface area (TPSA) is 102 Å². The van der Waals surface area contributed by atoms with Crippen LogP contribution in [-0.2, 0) is 14.3 Å². The summed E-state index contributed by atoms with van der Waals surface area (Å²) in [4.78, 5) is 47.5. The summed E-state index contributed by atoms with van der Waals surface area (Å²) in [7, 11) is 0. The number of rotatable bonds is 6. The summed E-state index contributed by atoms with van der Waals surface area (Å²) in [5.74, 6) is -2.57. The van der Waals surface area contributed by atoms with Crippen molar-refractivity contribution in [1.82, 2.24) is 10.6 Å². The lowest BCUT2D eigenvalue weighted by atomic mass is 10.1. The number of amides is 3. The second-order valence-electron chi connectivity index (χ2n) is 6.15. The van der Waals surface area contributed by atoms with Crippen molar-refractivity contribution >= 4 is 34.5 Å². The average molecular weight is 390 g/mol. The molecular weight excluding hydrogens is 372 g/mol. The van der Waals surface area contributed by atoms with Gasteiger partial charge in [-0.25, -0.2) is 0 Å². The Hall–Kier alpha value is -4.00. The lowest BCUT2D eigenvalue weighted by Gasteiger charge is -2.08. The van der Waals surface area contributed by atoms with Crippen LogP contribution in [0.5, 0.6) is 0 Å². The minimum absolute atomic E-state index is 0.315. The lowest BCUT2D eigenvalue weighted by molar-refractivity contribution is -0.147. The molecule has 0 aliphatic rings. The number of hydrogen-bond donors (Lipinski definition) is 2.